The van der Waals surface area contributed by atoms with Crippen LogP contribution in [0.2, 0.25) is 0 Å². The van der Waals surface area contributed by atoms with E-state index >= 15 is 0 Å². The average Bonchev–Trinajstić information content (AvgIpc) is 2.88. The van der Waals surface area contributed by atoms with Gasteiger partial charge in [0.05, 0.1) is 18.5 Å². The first-order valence-electron chi connectivity index (χ1n) is 11.6. The number of carbonyl (C=O) groups excluding carboxylic acids is 2. The van der Waals surface area contributed by atoms with Gasteiger partial charge in [0.1, 0.15) is 11.6 Å². The molecule has 0 saturated carbocycles. The van der Waals surface area contributed by atoms with Gasteiger partial charge in [0.2, 0.25) is 5.91 Å². The second kappa shape index (κ2) is 12.6. The van der Waals surface area contributed by atoms with Crippen LogP contribution in [-0.2, 0) is 11.2 Å². The Morgan fingerprint density at radius 3 is 2.59 bits per heavy atom. The number of ether oxygens (including phenoxy) is 1. The zero-order valence-corrected chi connectivity index (χ0v) is 19.9. The largest absolute Gasteiger partial charge is 0.453 e. The maximum Gasteiger partial charge on any atom is 0.325 e. The highest BCUT2D eigenvalue weighted by Crippen LogP contribution is 2.28. The number of rotatable bonds is 6. The molecule has 3 aromatic rings. The Balaban J connectivity index is 1.34. The maximum absolute atomic E-state index is 14.7. The molecule has 2 aromatic carbocycles. The number of aromatic nitrogens is 1. The minimum Gasteiger partial charge on any atom is -0.453 e. The molecule has 0 aliphatic carbocycles. The number of imide groups is 1. The third-order valence-corrected chi connectivity index (χ3v) is 5.46. The van der Waals surface area contributed by atoms with E-state index in [1.54, 1.807) is 12.3 Å². The SMILES string of the molecule is O=C(Cc1ccc(F)cc1)NC(=O)Nc1ccc(Oc2ccncc2C#CCN2CCNCC2)c(F)c1. The van der Waals surface area contributed by atoms with Crippen LogP contribution in [0.4, 0.5) is 19.3 Å². The highest BCUT2D eigenvalue weighted by molar-refractivity contribution is 6.01. The fourth-order valence-corrected chi connectivity index (χ4v) is 3.58. The Kier molecular flexibility index (Phi) is 8.75. The Labute approximate surface area is 213 Å². The summed E-state index contributed by atoms with van der Waals surface area (Å²) in [5, 5.41) is 7.84. The smallest absolute Gasteiger partial charge is 0.325 e. The van der Waals surface area contributed by atoms with E-state index in [1.165, 1.54) is 42.6 Å². The van der Waals surface area contributed by atoms with Crippen molar-refractivity contribution in [2.75, 3.05) is 38.0 Å². The topological polar surface area (TPSA) is 95.6 Å². The highest BCUT2D eigenvalue weighted by Gasteiger charge is 2.13. The summed E-state index contributed by atoms with van der Waals surface area (Å²) in [6.45, 7) is 4.33. The quantitative estimate of drug-likeness (QED) is 0.445. The molecule has 1 fully saturated rings. The average molecular weight is 506 g/mol. The molecule has 3 amide bonds. The molecule has 0 bridgehead atoms. The van der Waals surface area contributed by atoms with Crippen molar-refractivity contribution in [2.45, 2.75) is 6.42 Å². The number of hydrogen-bond acceptors (Lipinski definition) is 6. The molecule has 190 valence electrons. The Hall–Kier alpha value is -4.33. The first-order chi connectivity index (χ1) is 18.0. The van der Waals surface area contributed by atoms with Crippen LogP contribution in [-0.4, -0.2) is 54.5 Å². The van der Waals surface area contributed by atoms with Crippen LogP contribution in [0, 0.1) is 23.5 Å². The molecule has 0 atom stereocenters. The molecule has 1 aliphatic heterocycles. The van der Waals surface area contributed by atoms with E-state index in [-0.39, 0.29) is 17.9 Å². The number of carbonyl (C=O) groups is 2. The lowest BCUT2D eigenvalue weighted by molar-refractivity contribution is -0.119. The minimum absolute atomic E-state index is 0.0605. The fourth-order valence-electron chi connectivity index (χ4n) is 3.58. The molecular weight excluding hydrogens is 480 g/mol. The third-order valence-electron chi connectivity index (χ3n) is 5.46. The minimum atomic E-state index is -0.823. The molecule has 1 saturated heterocycles. The lowest BCUT2D eigenvalue weighted by Crippen LogP contribution is -2.43. The molecule has 2 heterocycles. The second-order valence-electron chi connectivity index (χ2n) is 8.25. The number of benzene rings is 2. The van der Waals surface area contributed by atoms with E-state index in [4.69, 9.17) is 4.74 Å². The molecule has 0 radical (unpaired) electrons. The third kappa shape index (κ3) is 7.83. The maximum atomic E-state index is 14.7. The number of halogens is 2. The normalized spacial score (nSPS) is 13.2. The molecule has 1 aliphatic rings. The van der Waals surface area contributed by atoms with Crippen molar-refractivity contribution in [3.8, 4) is 23.3 Å². The number of urea groups is 1. The first kappa shape index (κ1) is 25.8. The Morgan fingerprint density at radius 2 is 1.84 bits per heavy atom. The fraction of sp³-hybridized carbons (Fsp3) is 0.222. The van der Waals surface area contributed by atoms with E-state index in [0.29, 0.717) is 23.4 Å². The highest BCUT2D eigenvalue weighted by atomic mass is 19.1. The van der Waals surface area contributed by atoms with Crippen molar-refractivity contribution in [1.29, 1.82) is 0 Å². The molecule has 3 N–H and O–H groups in total. The standard InChI is InChI=1S/C27H25F2N5O3/c28-21-5-3-19(4-6-21)16-26(35)33-27(36)32-22-7-8-25(23(29)17-22)37-24-9-10-31-18-20(24)2-1-13-34-14-11-30-12-15-34/h3-10,17-18,30H,11-16H2,(H2,32,33,35,36). The summed E-state index contributed by atoms with van der Waals surface area (Å²) < 4.78 is 33.4. The van der Waals surface area contributed by atoms with E-state index in [1.807, 2.05) is 0 Å². The predicted octanol–water partition coefficient (Wildman–Crippen LogP) is 3.30. The van der Waals surface area contributed by atoms with Crippen molar-refractivity contribution >= 4 is 17.6 Å². The number of piperazine rings is 1. The van der Waals surface area contributed by atoms with Crippen LogP contribution in [0.3, 0.4) is 0 Å². The van der Waals surface area contributed by atoms with Crippen molar-refractivity contribution in [3.63, 3.8) is 0 Å². The number of nitrogens with zero attached hydrogens (tertiary/aromatic N) is 2. The zero-order chi connectivity index (χ0) is 26.0. The number of hydrogen-bond donors (Lipinski definition) is 3. The summed E-state index contributed by atoms with van der Waals surface area (Å²) in [4.78, 5) is 30.5. The zero-order valence-electron chi connectivity index (χ0n) is 19.9. The lowest BCUT2D eigenvalue weighted by Gasteiger charge is -2.24. The summed E-state index contributed by atoms with van der Waals surface area (Å²) in [7, 11) is 0. The summed E-state index contributed by atoms with van der Waals surface area (Å²) in [6.07, 6.45) is 2.97. The van der Waals surface area contributed by atoms with Crippen molar-refractivity contribution in [2.24, 2.45) is 0 Å². The van der Waals surface area contributed by atoms with E-state index in [9.17, 15) is 18.4 Å². The summed E-state index contributed by atoms with van der Waals surface area (Å²) in [5.41, 5.74) is 1.20. The molecule has 8 nitrogen and oxygen atoms in total. The predicted molar refractivity (Wildman–Crippen MR) is 134 cm³/mol. The lowest BCUT2D eigenvalue weighted by atomic mass is 10.1. The molecule has 10 heteroatoms. The van der Waals surface area contributed by atoms with Gasteiger partial charge in [-0.05, 0) is 29.8 Å². The van der Waals surface area contributed by atoms with Gasteiger partial charge in [0.15, 0.2) is 11.6 Å². The van der Waals surface area contributed by atoms with Gasteiger partial charge in [-0.2, -0.15) is 0 Å². The van der Waals surface area contributed by atoms with Gasteiger partial charge in [-0.1, -0.05) is 24.0 Å². The van der Waals surface area contributed by atoms with Gasteiger partial charge < -0.3 is 15.4 Å². The van der Waals surface area contributed by atoms with Gasteiger partial charge in [-0.3, -0.25) is 20.0 Å². The van der Waals surface area contributed by atoms with Crippen molar-refractivity contribution in [1.82, 2.24) is 20.5 Å². The van der Waals surface area contributed by atoms with E-state index in [0.717, 1.165) is 32.2 Å². The number of amides is 3. The van der Waals surface area contributed by atoms with Gasteiger partial charge >= 0.3 is 6.03 Å². The van der Waals surface area contributed by atoms with Crippen LogP contribution in [0.15, 0.2) is 60.9 Å². The van der Waals surface area contributed by atoms with Gasteiger partial charge in [0, 0.05) is 56.4 Å². The summed E-state index contributed by atoms with van der Waals surface area (Å²) in [5.74, 6) is 4.72. The second-order valence-corrected chi connectivity index (χ2v) is 8.25. The number of anilines is 1. The van der Waals surface area contributed by atoms with Gasteiger partial charge in [-0.25, -0.2) is 13.6 Å². The van der Waals surface area contributed by atoms with Gasteiger partial charge in [0.25, 0.3) is 0 Å². The molecule has 0 unspecified atom stereocenters. The van der Waals surface area contributed by atoms with Gasteiger partial charge in [-0.15, -0.1) is 0 Å². The molecule has 37 heavy (non-hydrogen) atoms. The molecular formula is C27H25F2N5O3. The first-order valence-corrected chi connectivity index (χ1v) is 11.6. The van der Waals surface area contributed by atoms with Crippen LogP contribution < -0.4 is 20.7 Å². The summed E-state index contributed by atoms with van der Waals surface area (Å²) in [6, 6.07) is 10.0. The van der Waals surface area contributed by atoms with Crippen molar-refractivity contribution < 1.29 is 23.1 Å². The van der Waals surface area contributed by atoms with Crippen molar-refractivity contribution in [3.05, 3.63) is 83.7 Å². The summed E-state index contributed by atoms with van der Waals surface area (Å²) >= 11 is 0. The van der Waals surface area contributed by atoms with Crippen LogP contribution in [0.25, 0.3) is 0 Å². The van der Waals surface area contributed by atoms with E-state index in [2.05, 4.69) is 37.7 Å². The van der Waals surface area contributed by atoms with Crippen LogP contribution >= 0.6 is 0 Å². The number of nitrogens with one attached hydrogen (secondary N) is 3. The molecule has 0 spiro atoms. The van der Waals surface area contributed by atoms with E-state index < -0.39 is 23.6 Å². The van der Waals surface area contributed by atoms with Crippen LogP contribution in [0.1, 0.15) is 11.1 Å². The molecule has 4 rings (SSSR count). The Morgan fingerprint density at radius 1 is 1.05 bits per heavy atom. The Bertz CT molecular complexity index is 1320. The molecule has 1 aromatic heterocycles. The number of pyridine rings is 1. The monoisotopic (exact) mass is 505 g/mol. The van der Waals surface area contributed by atoms with Crippen LogP contribution in [0.5, 0.6) is 11.5 Å².